The summed E-state index contributed by atoms with van der Waals surface area (Å²) in [6.07, 6.45) is 8.78. The average Bonchev–Trinajstić information content (AvgIpc) is 3.20. The number of nitrogens with zero attached hydrogens (tertiary/aromatic N) is 6. The van der Waals surface area contributed by atoms with Crippen molar-refractivity contribution in [3.8, 4) is 0 Å². The van der Waals surface area contributed by atoms with E-state index in [4.69, 9.17) is 9.97 Å². The zero-order valence-corrected chi connectivity index (χ0v) is 18.7. The van der Waals surface area contributed by atoms with Gasteiger partial charge in [0.2, 0.25) is 5.95 Å². The van der Waals surface area contributed by atoms with Gasteiger partial charge in [-0.2, -0.15) is 15.1 Å². The van der Waals surface area contributed by atoms with Crippen molar-refractivity contribution in [3.05, 3.63) is 41.6 Å². The van der Waals surface area contributed by atoms with Crippen LogP contribution in [0.3, 0.4) is 0 Å². The topological polar surface area (TPSA) is 62.1 Å². The molecule has 7 nitrogen and oxygen atoms in total. The fraction of sp³-hybridized carbons (Fsp3) is 0.542. The molecule has 2 fully saturated rings. The second-order valence-corrected chi connectivity index (χ2v) is 9.03. The molecule has 1 aliphatic carbocycles. The second kappa shape index (κ2) is 8.83. The highest BCUT2D eigenvalue weighted by Crippen LogP contribution is 2.27. The molecule has 2 aliphatic rings. The van der Waals surface area contributed by atoms with Gasteiger partial charge < -0.3 is 10.2 Å². The summed E-state index contributed by atoms with van der Waals surface area (Å²) in [7, 11) is 1.95. The van der Waals surface area contributed by atoms with Gasteiger partial charge in [-0.05, 0) is 25.3 Å². The lowest BCUT2D eigenvalue weighted by Crippen LogP contribution is -2.51. The number of benzene rings is 1. The van der Waals surface area contributed by atoms with E-state index in [1.165, 1.54) is 43.2 Å². The van der Waals surface area contributed by atoms with Gasteiger partial charge in [0.1, 0.15) is 5.82 Å². The van der Waals surface area contributed by atoms with Gasteiger partial charge in [0, 0.05) is 45.8 Å². The summed E-state index contributed by atoms with van der Waals surface area (Å²) in [4.78, 5) is 14.8. The largest absolute Gasteiger partial charge is 0.365 e. The van der Waals surface area contributed by atoms with Gasteiger partial charge in [-0.3, -0.25) is 9.58 Å². The lowest BCUT2D eigenvalue weighted by atomic mass is 9.94. The van der Waals surface area contributed by atoms with E-state index in [-0.39, 0.29) is 0 Å². The molecule has 1 N–H and O–H groups in total. The Morgan fingerprint density at radius 1 is 0.968 bits per heavy atom. The van der Waals surface area contributed by atoms with Gasteiger partial charge >= 0.3 is 0 Å². The van der Waals surface area contributed by atoms with Crippen LogP contribution in [0.2, 0.25) is 0 Å². The van der Waals surface area contributed by atoms with E-state index in [9.17, 15) is 0 Å². The van der Waals surface area contributed by atoms with Crippen molar-refractivity contribution in [3.63, 3.8) is 0 Å². The summed E-state index contributed by atoms with van der Waals surface area (Å²) in [6.45, 7) is 7.01. The highest BCUT2D eigenvalue weighted by Gasteiger charge is 2.26. The van der Waals surface area contributed by atoms with E-state index in [0.717, 1.165) is 61.6 Å². The number of hydrogen-bond donors (Lipinski definition) is 1. The van der Waals surface area contributed by atoms with Crippen LogP contribution in [0.25, 0.3) is 11.0 Å². The van der Waals surface area contributed by atoms with Crippen LogP contribution in [0.15, 0.2) is 30.5 Å². The van der Waals surface area contributed by atoms with Gasteiger partial charge in [-0.1, -0.05) is 49.1 Å². The number of hydrogen-bond acceptors (Lipinski definition) is 6. The molecule has 3 aromatic rings. The Kier molecular flexibility index (Phi) is 5.76. The fourth-order valence-electron chi connectivity index (χ4n) is 4.91. The first kappa shape index (κ1) is 20.2. The zero-order valence-electron chi connectivity index (χ0n) is 18.7. The molecule has 0 radical (unpaired) electrons. The van der Waals surface area contributed by atoms with Gasteiger partial charge in [0.25, 0.3) is 0 Å². The van der Waals surface area contributed by atoms with E-state index < -0.39 is 0 Å². The monoisotopic (exact) mass is 419 g/mol. The second-order valence-electron chi connectivity index (χ2n) is 9.03. The number of aryl methyl sites for hydroxylation is 2. The maximum absolute atomic E-state index is 4.94. The molecule has 0 atom stereocenters. The molecule has 1 aromatic carbocycles. The first-order valence-electron chi connectivity index (χ1n) is 11.7. The van der Waals surface area contributed by atoms with Gasteiger partial charge in [0.15, 0.2) is 5.65 Å². The molecule has 3 heterocycles. The molecule has 0 amide bonds. The Morgan fingerprint density at radius 2 is 1.71 bits per heavy atom. The quantitative estimate of drug-likeness (QED) is 0.680. The van der Waals surface area contributed by atoms with Gasteiger partial charge in [-0.15, -0.1) is 0 Å². The first-order valence-corrected chi connectivity index (χ1v) is 11.7. The van der Waals surface area contributed by atoms with Crippen molar-refractivity contribution >= 4 is 22.8 Å². The van der Waals surface area contributed by atoms with Crippen molar-refractivity contribution in [2.45, 2.75) is 51.6 Å². The molecule has 1 saturated heterocycles. The maximum atomic E-state index is 4.94. The molecule has 0 unspecified atom stereocenters. The molecular formula is C24H33N7. The summed E-state index contributed by atoms with van der Waals surface area (Å²) < 4.78 is 1.84. The molecule has 31 heavy (non-hydrogen) atoms. The summed E-state index contributed by atoms with van der Waals surface area (Å²) in [6, 6.07) is 9.40. The average molecular weight is 420 g/mol. The van der Waals surface area contributed by atoms with Crippen molar-refractivity contribution in [1.82, 2.24) is 24.6 Å². The maximum Gasteiger partial charge on any atom is 0.229 e. The lowest BCUT2D eigenvalue weighted by Gasteiger charge is -2.40. The third-order valence-electron chi connectivity index (χ3n) is 6.85. The molecule has 164 valence electrons. The summed E-state index contributed by atoms with van der Waals surface area (Å²) in [5, 5.41) is 8.94. The minimum atomic E-state index is 0.732. The van der Waals surface area contributed by atoms with Gasteiger partial charge in [-0.25, -0.2) is 0 Å². The van der Waals surface area contributed by atoms with Crippen molar-refractivity contribution in [2.24, 2.45) is 7.05 Å². The smallest absolute Gasteiger partial charge is 0.229 e. The van der Waals surface area contributed by atoms with E-state index in [0.29, 0.717) is 0 Å². The molecule has 1 saturated carbocycles. The summed E-state index contributed by atoms with van der Waals surface area (Å²) in [5.41, 5.74) is 3.39. The number of rotatable bonds is 5. The van der Waals surface area contributed by atoms with Crippen molar-refractivity contribution in [1.29, 1.82) is 0 Å². The third-order valence-corrected chi connectivity index (χ3v) is 6.85. The Labute approximate surface area is 184 Å². The number of anilines is 2. The van der Waals surface area contributed by atoms with E-state index in [1.54, 1.807) is 0 Å². The van der Waals surface area contributed by atoms with E-state index >= 15 is 0 Å². The number of aromatic nitrogens is 4. The number of nitrogens with one attached hydrogen (secondary N) is 1. The molecule has 0 spiro atoms. The molecule has 0 bridgehead atoms. The predicted octanol–water partition coefficient (Wildman–Crippen LogP) is 3.74. The minimum Gasteiger partial charge on any atom is -0.365 e. The van der Waals surface area contributed by atoms with Crippen LogP contribution < -0.4 is 10.2 Å². The van der Waals surface area contributed by atoms with Crippen molar-refractivity contribution in [2.75, 3.05) is 36.4 Å². The van der Waals surface area contributed by atoms with E-state index in [1.807, 2.05) is 17.9 Å². The Bertz CT molecular complexity index is 1010. The summed E-state index contributed by atoms with van der Waals surface area (Å²) in [5.74, 6) is 1.68. The van der Waals surface area contributed by atoms with Crippen LogP contribution >= 0.6 is 0 Å². The first-order chi connectivity index (χ1) is 15.2. The number of piperazine rings is 1. The summed E-state index contributed by atoms with van der Waals surface area (Å²) >= 11 is 0. The van der Waals surface area contributed by atoms with Crippen LogP contribution in [0.5, 0.6) is 0 Å². The van der Waals surface area contributed by atoms with Crippen LogP contribution in [-0.4, -0.2) is 56.9 Å². The number of fused-ring (bicyclic) bond motifs is 1. The molecule has 5 rings (SSSR count). The fourth-order valence-corrected chi connectivity index (χ4v) is 4.91. The Balaban J connectivity index is 1.33. The molecular weight excluding hydrogens is 386 g/mol. The molecule has 2 aromatic heterocycles. The van der Waals surface area contributed by atoms with E-state index in [2.05, 4.69) is 51.4 Å². The zero-order chi connectivity index (χ0) is 21.2. The normalized spacial score (nSPS) is 18.6. The highest BCUT2D eigenvalue weighted by atomic mass is 15.4. The van der Waals surface area contributed by atoms with Gasteiger partial charge in [0.05, 0.1) is 11.6 Å². The molecule has 7 heteroatoms. The minimum absolute atomic E-state index is 0.732. The highest BCUT2D eigenvalue weighted by molar-refractivity contribution is 5.87. The standard InChI is InChI=1S/C24H33N7/c1-18-8-10-19(11-9-18)16-25-22-21-17-26-29(2)23(21)28-24(27-22)31-14-12-30(13-15-31)20-6-4-3-5-7-20/h8-11,17,20H,3-7,12-16H2,1-2H3,(H,25,27,28). The Hall–Kier alpha value is -2.67. The Morgan fingerprint density at radius 3 is 2.45 bits per heavy atom. The lowest BCUT2D eigenvalue weighted by molar-refractivity contribution is 0.147. The van der Waals surface area contributed by atoms with Crippen LogP contribution in [0, 0.1) is 6.92 Å². The van der Waals surface area contributed by atoms with Crippen LogP contribution in [-0.2, 0) is 13.6 Å². The van der Waals surface area contributed by atoms with Crippen molar-refractivity contribution < 1.29 is 0 Å². The third kappa shape index (κ3) is 4.37. The SMILES string of the molecule is Cc1ccc(CNc2nc(N3CCN(C4CCCCC4)CC3)nc3c2cnn3C)cc1. The molecule has 1 aliphatic heterocycles. The van der Waals surface area contributed by atoms with Crippen LogP contribution in [0.1, 0.15) is 43.2 Å². The van der Waals surface area contributed by atoms with Crippen LogP contribution in [0.4, 0.5) is 11.8 Å². The predicted molar refractivity (Wildman–Crippen MR) is 125 cm³/mol.